The molecule has 0 heterocycles. The minimum Gasteiger partial charge on any atom is -0.398 e. The zero-order valence-electron chi connectivity index (χ0n) is 6.81. The number of aryl methyl sites for hydroxylation is 1. The summed E-state index contributed by atoms with van der Waals surface area (Å²) in [6.07, 6.45) is 0. The van der Waals surface area contributed by atoms with Crippen molar-refractivity contribution in [2.75, 3.05) is 5.73 Å². The van der Waals surface area contributed by atoms with Gasteiger partial charge in [0, 0.05) is 18.4 Å². The molecular formula is C9H14N2. The molecule has 0 unspecified atom stereocenters. The highest BCUT2D eigenvalue weighted by Crippen LogP contribution is 2.13. The molecule has 0 aliphatic carbocycles. The standard InChI is InChI=1S/C9H12N2.H2/c1-6-3-4-8(7(2)10)9(11)5-6;/h3-5,10H,11H2,1-2H3;1H. The maximum atomic E-state index is 7.37. The highest BCUT2D eigenvalue weighted by molar-refractivity contribution is 6.00. The summed E-state index contributed by atoms with van der Waals surface area (Å²) < 4.78 is 0. The van der Waals surface area contributed by atoms with Gasteiger partial charge in [-0.15, -0.1) is 0 Å². The molecule has 0 spiro atoms. The van der Waals surface area contributed by atoms with Crippen LogP contribution >= 0.6 is 0 Å². The third kappa shape index (κ3) is 1.58. The second kappa shape index (κ2) is 2.74. The molecule has 0 radical (unpaired) electrons. The number of nitrogen functional groups attached to an aromatic ring is 1. The fraction of sp³-hybridized carbons (Fsp3) is 0.222. The molecule has 0 saturated heterocycles. The van der Waals surface area contributed by atoms with Crippen molar-refractivity contribution in [2.24, 2.45) is 0 Å². The lowest BCUT2D eigenvalue weighted by Gasteiger charge is -2.03. The zero-order chi connectivity index (χ0) is 8.43. The monoisotopic (exact) mass is 150 g/mol. The minimum atomic E-state index is 0. The van der Waals surface area contributed by atoms with Crippen LogP contribution in [0.2, 0.25) is 0 Å². The minimum absolute atomic E-state index is 0. The third-order valence-electron chi connectivity index (χ3n) is 1.61. The number of nitrogens with two attached hydrogens (primary N) is 1. The number of hydrogen-bond donors (Lipinski definition) is 2. The van der Waals surface area contributed by atoms with Crippen LogP contribution in [0.3, 0.4) is 0 Å². The quantitative estimate of drug-likeness (QED) is 0.468. The lowest BCUT2D eigenvalue weighted by atomic mass is 10.1. The van der Waals surface area contributed by atoms with Crippen molar-refractivity contribution in [3.63, 3.8) is 0 Å². The van der Waals surface area contributed by atoms with E-state index < -0.39 is 0 Å². The molecule has 0 fully saturated rings. The molecule has 1 aromatic rings. The van der Waals surface area contributed by atoms with Gasteiger partial charge in [0.25, 0.3) is 0 Å². The van der Waals surface area contributed by atoms with Crippen molar-refractivity contribution in [3.8, 4) is 0 Å². The van der Waals surface area contributed by atoms with E-state index in [-0.39, 0.29) is 1.43 Å². The van der Waals surface area contributed by atoms with Gasteiger partial charge in [-0.2, -0.15) is 0 Å². The molecular weight excluding hydrogens is 136 g/mol. The molecule has 1 rings (SSSR count). The van der Waals surface area contributed by atoms with Crippen LogP contribution in [0.4, 0.5) is 5.69 Å². The molecule has 11 heavy (non-hydrogen) atoms. The summed E-state index contributed by atoms with van der Waals surface area (Å²) in [5.74, 6) is 0. The summed E-state index contributed by atoms with van der Waals surface area (Å²) in [6.45, 7) is 3.72. The van der Waals surface area contributed by atoms with Gasteiger partial charge in [-0.1, -0.05) is 12.1 Å². The van der Waals surface area contributed by atoms with E-state index in [9.17, 15) is 0 Å². The average Bonchev–Trinajstić information content (AvgIpc) is 1.85. The van der Waals surface area contributed by atoms with Gasteiger partial charge in [-0.05, 0) is 25.5 Å². The van der Waals surface area contributed by atoms with Crippen molar-refractivity contribution >= 4 is 11.4 Å². The van der Waals surface area contributed by atoms with E-state index in [4.69, 9.17) is 11.1 Å². The number of benzene rings is 1. The summed E-state index contributed by atoms with van der Waals surface area (Å²) in [5, 5.41) is 7.37. The third-order valence-corrected chi connectivity index (χ3v) is 1.61. The second-order valence-corrected chi connectivity index (χ2v) is 2.72. The Hall–Kier alpha value is -1.31. The molecule has 60 valence electrons. The normalized spacial score (nSPS) is 9.64. The van der Waals surface area contributed by atoms with Crippen LogP contribution in [0.5, 0.6) is 0 Å². The zero-order valence-corrected chi connectivity index (χ0v) is 6.81. The highest BCUT2D eigenvalue weighted by Gasteiger charge is 1.99. The van der Waals surface area contributed by atoms with Gasteiger partial charge in [0.2, 0.25) is 0 Å². The largest absolute Gasteiger partial charge is 0.398 e. The van der Waals surface area contributed by atoms with Crippen LogP contribution < -0.4 is 5.73 Å². The SMILES string of the molecule is CC(=N)c1ccc(C)cc1N.[HH]. The Kier molecular flexibility index (Phi) is 1.94. The second-order valence-electron chi connectivity index (χ2n) is 2.72. The van der Waals surface area contributed by atoms with E-state index in [1.54, 1.807) is 6.92 Å². The summed E-state index contributed by atoms with van der Waals surface area (Å²) in [4.78, 5) is 0. The predicted octanol–water partition coefficient (Wildman–Crippen LogP) is 2.21. The van der Waals surface area contributed by atoms with Crippen molar-refractivity contribution < 1.29 is 1.43 Å². The molecule has 0 atom stereocenters. The molecule has 0 amide bonds. The summed E-state index contributed by atoms with van der Waals surface area (Å²) >= 11 is 0. The maximum absolute atomic E-state index is 7.37. The van der Waals surface area contributed by atoms with Crippen molar-refractivity contribution in [1.82, 2.24) is 0 Å². The van der Waals surface area contributed by atoms with E-state index in [1.807, 2.05) is 25.1 Å². The van der Waals surface area contributed by atoms with E-state index in [0.29, 0.717) is 11.4 Å². The van der Waals surface area contributed by atoms with Gasteiger partial charge in [0.15, 0.2) is 0 Å². The number of rotatable bonds is 1. The molecule has 2 heteroatoms. The Morgan fingerprint density at radius 3 is 2.64 bits per heavy atom. The smallest absolute Gasteiger partial charge is 0.0408 e. The Bertz CT molecular complexity index is 295. The van der Waals surface area contributed by atoms with Crippen LogP contribution in [0.25, 0.3) is 0 Å². The average molecular weight is 150 g/mol. The first kappa shape index (κ1) is 7.79. The summed E-state index contributed by atoms with van der Waals surface area (Å²) in [5.41, 5.74) is 8.85. The first-order valence-corrected chi connectivity index (χ1v) is 3.53. The van der Waals surface area contributed by atoms with Crippen LogP contribution in [-0.2, 0) is 0 Å². The molecule has 2 nitrogen and oxygen atoms in total. The van der Waals surface area contributed by atoms with E-state index in [0.717, 1.165) is 11.1 Å². The van der Waals surface area contributed by atoms with Gasteiger partial charge >= 0.3 is 0 Å². The molecule has 3 N–H and O–H groups in total. The lowest BCUT2D eigenvalue weighted by Crippen LogP contribution is -1.99. The molecule has 0 bridgehead atoms. The first-order chi connectivity index (χ1) is 5.11. The molecule has 0 aliphatic rings. The van der Waals surface area contributed by atoms with Gasteiger partial charge in [-0.3, -0.25) is 0 Å². The molecule has 1 aromatic carbocycles. The maximum Gasteiger partial charge on any atom is 0.0408 e. The molecule has 0 aromatic heterocycles. The first-order valence-electron chi connectivity index (χ1n) is 3.53. The van der Waals surface area contributed by atoms with E-state index in [1.165, 1.54) is 0 Å². The van der Waals surface area contributed by atoms with E-state index >= 15 is 0 Å². The topological polar surface area (TPSA) is 49.9 Å². The van der Waals surface area contributed by atoms with Crippen LogP contribution in [0, 0.1) is 12.3 Å². The fourth-order valence-corrected chi connectivity index (χ4v) is 1.02. The van der Waals surface area contributed by atoms with Gasteiger partial charge in [0.1, 0.15) is 0 Å². The summed E-state index contributed by atoms with van der Waals surface area (Å²) in [6, 6.07) is 5.73. The Morgan fingerprint density at radius 2 is 2.18 bits per heavy atom. The van der Waals surface area contributed by atoms with Crippen molar-refractivity contribution in [1.29, 1.82) is 5.41 Å². The fourth-order valence-electron chi connectivity index (χ4n) is 1.02. The van der Waals surface area contributed by atoms with Crippen molar-refractivity contribution in [3.05, 3.63) is 29.3 Å². The summed E-state index contributed by atoms with van der Waals surface area (Å²) in [7, 11) is 0. The van der Waals surface area contributed by atoms with Crippen LogP contribution in [-0.4, -0.2) is 5.71 Å². The number of nitrogens with one attached hydrogen (secondary N) is 1. The van der Waals surface area contributed by atoms with Crippen LogP contribution in [0.1, 0.15) is 19.5 Å². The van der Waals surface area contributed by atoms with Gasteiger partial charge < -0.3 is 11.1 Å². The van der Waals surface area contributed by atoms with Crippen molar-refractivity contribution in [2.45, 2.75) is 13.8 Å². The Morgan fingerprint density at radius 1 is 1.55 bits per heavy atom. The van der Waals surface area contributed by atoms with Gasteiger partial charge in [-0.25, -0.2) is 0 Å². The molecule has 0 aliphatic heterocycles. The number of hydrogen-bond acceptors (Lipinski definition) is 2. The highest BCUT2D eigenvalue weighted by atomic mass is 14.6. The Balaban J connectivity index is 0.00000121. The van der Waals surface area contributed by atoms with E-state index in [2.05, 4.69) is 0 Å². The molecule has 0 saturated carbocycles. The number of anilines is 1. The lowest BCUT2D eigenvalue weighted by molar-refractivity contribution is 1.42. The van der Waals surface area contributed by atoms with Crippen LogP contribution in [0.15, 0.2) is 18.2 Å². The van der Waals surface area contributed by atoms with Gasteiger partial charge in [0.05, 0.1) is 0 Å². The predicted molar refractivity (Wildman–Crippen MR) is 50.2 cm³/mol. The Labute approximate surface area is 68.0 Å².